The lowest BCUT2D eigenvalue weighted by Crippen LogP contribution is -2.47. The predicted molar refractivity (Wildman–Crippen MR) is 85.9 cm³/mol. The molecule has 0 aliphatic carbocycles. The minimum Gasteiger partial charge on any atom is -0.349 e. The smallest absolute Gasteiger partial charge is 0.349 e. The van der Waals surface area contributed by atoms with Crippen LogP contribution >= 0.6 is 0 Å². The van der Waals surface area contributed by atoms with Gasteiger partial charge in [0.2, 0.25) is 0 Å². The van der Waals surface area contributed by atoms with Crippen LogP contribution in [0.2, 0.25) is 0 Å². The summed E-state index contributed by atoms with van der Waals surface area (Å²) in [5, 5.41) is 2.89. The van der Waals surface area contributed by atoms with Crippen molar-refractivity contribution in [2.45, 2.75) is 51.2 Å². The van der Waals surface area contributed by atoms with Crippen molar-refractivity contribution in [1.82, 2.24) is 15.2 Å². The molecule has 1 aliphatic rings. The molecule has 1 amide bonds. The molecule has 134 valence electrons. The zero-order valence-electron chi connectivity index (χ0n) is 14.3. The van der Waals surface area contributed by atoms with Crippen LogP contribution in [0, 0.1) is 0 Å². The molecule has 0 bridgehead atoms. The number of carbonyl (C=O) groups is 1. The first-order chi connectivity index (χ1) is 11.0. The van der Waals surface area contributed by atoms with Crippen LogP contribution in [0.1, 0.15) is 49.7 Å². The van der Waals surface area contributed by atoms with Gasteiger partial charge in [-0.1, -0.05) is 20.8 Å². The Hall–Kier alpha value is -1.63. The maximum atomic E-state index is 12.4. The van der Waals surface area contributed by atoms with Crippen LogP contribution in [0.3, 0.4) is 0 Å². The van der Waals surface area contributed by atoms with Gasteiger partial charge in [-0.25, -0.2) is 0 Å². The predicted octanol–water partition coefficient (Wildman–Crippen LogP) is 3.14. The van der Waals surface area contributed by atoms with Gasteiger partial charge in [0.15, 0.2) is 0 Å². The van der Waals surface area contributed by atoms with Crippen LogP contribution in [0.15, 0.2) is 18.3 Å². The number of carbonyl (C=O) groups excluding carboxylic acids is 1. The molecule has 0 spiro atoms. The van der Waals surface area contributed by atoms with Gasteiger partial charge in [0, 0.05) is 36.4 Å². The van der Waals surface area contributed by atoms with Crippen molar-refractivity contribution in [2.24, 2.45) is 0 Å². The number of nitrogens with zero attached hydrogens (tertiary/aromatic N) is 2. The fourth-order valence-electron chi connectivity index (χ4n) is 2.73. The molecule has 4 nitrogen and oxygen atoms in total. The highest BCUT2D eigenvalue weighted by Crippen LogP contribution is 2.21. The Bertz CT molecular complexity index is 556. The fourth-order valence-corrected chi connectivity index (χ4v) is 2.73. The first kappa shape index (κ1) is 18.7. The van der Waals surface area contributed by atoms with Crippen molar-refractivity contribution >= 4 is 5.91 Å². The summed E-state index contributed by atoms with van der Waals surface area (Å²) in [4.78, 5) is 17.9. The minimum absolute atomic E-state index is 0.0830. The molecule has 1 saturated heterocycles. The number of halogens is 3. The van der Waals surface area contributed by atoms with Crippen molar-refractivity contribution in [3.63, 3.8) is 0 Å². The zero-order chi connectivity index (χ0) is 18.0. The molecule has 24 heavy (non-hydrogen) atoms. The molecule has 1 aromatic rings. The molecular weight excluding hydrogens is 319 g/mol. The van der Waals surface area contributed by atoms with E-state index in [0.29, 0.717) is 31.5 Å². The second-order valence-electron chi connectivity index (χ2n) is 7.32. The first-order valence-corrected chi connectivity index (χ1v) is 8.11. The highest BCUT2D eigenvalue weighted by molar-refractivity contribution is 5.94. The summed E-state index contributed by atoms with van der Waals surface area (Å²) >= 11 is 0. The third-order valence-corrected chi connectivity index (χ3v) is 4.12. The van der Waals surface area contributed by atoms with Crippen LogP contribution in [0.4, 0.5) is 13.2 Å². The molecule has 7 heteroatoms. The van der Waals surface area contributed by atoms with Crippen LogP contribution in [0.25, 0.3) is 0 Å². The minimum atomic E-state index is -4.17. The maximum absolute atomic E-state index is 12.4. The molecule has 0 unspecified atom stereocenters. The summed E-state index contributed by atoms with van der Waals surface area (Å²) in [7, 11) is 0. The number of amides is 1. The molecule has 1 aliphatic heterocycles. The lowest BCUT2D eigenvalue weighted by Gasteiger charge is -2.32. The topological polar surface area (TPSA) is 45.2 Å². The Labute approximate surface area is 140 Å². The largest absolute Gasteiger partial charge is 0.401 e. The average molecular weight is 343 g/mol. The second-order valence-corrected chi connectivity index (χ2v) is 7.32. The number of nitrogens with one attached hydrogen (secondary N) is 1. The molecule has 1 N–H and O–H groups in total. The molecule has 0 radical (unpaired) electrons. The van der Waals surface area contributed by atoms with E-state index in [4.69, 9.17) is 0 Å². The number of pyridine rings is 1. The highest BCUT2D eigenvalue weighted by atomic mass is 19.4. The Morgan fingerprint density at radius 2 is 1.88 bits per heavy atom. The molecule has 1 aromatic heterocycles. The van der Waals surface area contributed by atoms with Gasteiger partial charge in [0.25, 0.3) is 5.91 Å². The fraction of sp³-hybridized carbons (Fsp3) is 0.647. The van der Waals surface area contributed by atoms with Crippen LogP contribution in [-0.4, -0.2) is 47.6 Å². The van der Waals surface area contributed by atoms with Crippen molar-refractivity contribution in [3.05, 3.63) is 29.6 Å². The van der Waals surface area contributed by atoms with Gasteiger partial charge in [-0.2, -0.15) is 13.2 Å². The summed E-state index contributed by atoms with van der Waals surface area (Å²) in [6.07, 6.45) is -1.57. The van der Waals surface area contributed by atoms with E-state index in [1.165, 1.54) is 4.90 Å². The molecule has 0 saturated carbocycles. The molecule has 1 fully saturated rings. The third-order valence-electron chi connectivity index (χ3n) is 4.12. The standard InChI is InChI=1S/C17H24F3N3O/c1-16(2,3)14-5-4-12(10-21-14)15(24)22-13-6-8-23(9-7-13)11-17(18,19)20/h4-5,10,13H,6-9,11H2,1-3H3,(H,22,24). The molecule has 0 aromatic carbocycles. The van der Waals surface area contributed by atoms with E-state index in [9.17, 15) is 18.0 Å². The van der Waals surface area contributed by atoms with E-state index in [1.807, 2.05) is 26.8 Å². The summed E-state index contributed by atoms with van der Waals surface area (Å²) in [6.45, 7) is 5.93. The van der Waals surface area contributed by atoms with Gasteiger partial charge in [-0.3, -0.25) is 14.7 Å². The van der Waals surface area contributed by atoms with Gasteiger partial charge >= 0.3 is 6.18 Å². The Morgan fingerprint density at radius 3 is 2.33 bits per heavy atom. The van der Waals surface area contributed by atoms with E-state index in [0.717, 1.165) is 5.69 Å². The Morgan fingerprint density at radius 1 is 1.25 bits per heavy atom. The summed E-state index contributed by atoms with van der Waals surface area (Å²) in [5.74, 6) is -0.225. The van der Waals surface area contributed by atoms with E-state index in [1.54, 1.807) is 12.3 Å². The van der Waals surface area contributed by atoms with Crippen LogP contribution in [-0.2, 0) is 5.41 Å². The lowest BCUT2D eigenvalue weighted by atomic mass is 9.91. The number of hydrogen-bond acceptors (Lipinski definition) is 3. The van der Waals surface area contributed by atoms with E-state index >= 15 is 0 Å². The number of rotatable bonds is 3. The monoisotopic (exact) mass is 343 g/mol. The zero-order valence-corrected chi connectivity index (χ0v) is 14.3. The summed E-state index contributed by atoms with van der Waals surface area (Å²) in [5.41, 5.74) is 1.29. The normalized spacial score (nSPS) is 17.8. The number of likely N-dealkylation sites (tertiary alicyclic amines) is 1. The van der Waals surface area contributed by atoms with Gasteiger partial charge in [-0.15, -0.1) is 0 Å². The van der Waals surface area contributed by atoms with E-state index in [-0.39, 0.29) is 17.4 Å². The highest BCUT2D eigenvalue weighted by Gasteiger charge is 2.32. The number of alkyl halides is 3. The Kier molecular flexibility index (Phi) is 5.52. The summed E-state index contributed by atoms with van der Waals surface area (Å²) in [6, 6.07) is 3.48. The van der Waals surface area contributed by atoms with Crippen molar-refractivity contribution < 1.29 is 18.0 Å². The first-order valence-electron chi connectivity index (χ1n) is 8.11. The van der Waals surface area contributed by atoms with E-state index in [2.05, 4.69) is 10.3 Å². The van der Waals surface area contributed by atoms with Crippen molar-refractivity contribution in [3.8, 4) is 0 Å². The molecule has 2 rings (SSSR count). The van der Waals surface area contributed by atoms with Crippen LogP contribution in [0.5, 0.6) is 0 Å². The number of aromatic nitrogens is 1. The third kappa shape index (κ3) is 5.47. The number of piperidine rings is 1. The van der Waals surface area contributed by atoms with E-state index < -0.39 is 12.7 Å². The van der Waals surface area contributed by atoms with Gasteiger partial charge in [0.1, 0.15) is 0 Å². The Balaban J connectivity index is 1.85. The average Bonchev–Trinajstić information content (AvgIpc) is 2.47. The van der Waals surface area contributed by atoms with Crippen LogP contribution < -0.4 is 5.32 Å². The van der Waals surface area contributed by atoms with Crippen molar-refractivity contribution in [2.75, 3.05) is 19.6 Å². The number of hydrogen-bond donors (Lipinski definition) is 1. The second kappa shape index (κ2) is 7.09. The lowest BCUT2D eigenvalue weighted by molar-refractivity contribution is -0.148. The molecular formula is C17H24F3N3O. The maximum Gasteiger partial charge on any atom is 0.401 e. The van der Waals surface area contributed by atoms with Gasteiger partial charge in [-0.05, 0) is 25.0 Å². The van der Waals surface area contributed by atoms with Crippen molar-refractivity contribution in [1.29, 1.82) is 0 Å². The molecule has 2 heterocycles. The SMILES string of the molecule is CC(C)(C)c1ccc(C(=O)NC2CCN(CC(F)(F)F)CC2)cn1. The quantitative estimate of drug-likeness (QED) is 0.917. The van der Waals surface area contributed by atoms with Gasteiger partial charge in [0.05, 0.1) is 12.1 Å². The molecule has 0 atom stereocenters. The van der Waals surface area contributed by atoms with Gasteiger partial charge < -0.3 is 5.32 Å². The summed E-state index contributed by atoms with van der Waals surface area (Å²) < 4.78 is 37.1.